The zero-order valence-corrected chi connectivity index (χ0v) is 14.6. The highest BCUT2D eigenvalue weighted by Crippen LogP contribution is 2.20. The molecule has 0 spiro atoms. The summed E-state index contributed by atoms with van der Waals surface area (Å²) in [5, 5.41) is 2.95. The number of pyridine rings is 2. The number of hydrogen-bond acceptors (Lipinski definition) is 6. The molecule has 2 aromatic rings. The van der Waals surface area contributed by atoms with Crippen LogP contribution in [0.4, 0.5) is 5.82 Å². The average molecular weight is 341 g/mol. The van der Waals surface area contributed by atoms with Crippen LogP contribution in [0.25, 0.3) is 0 Å². The van der Waals surface area contributed by atoms with Crippen molar-refractivity contribution >= 4 is 11.7 Å². The van der Waals surface area contributed by atoms with E-state index in [0.717, 1.165) is 37.6 Å². The molecule has 0 unspecified atom stereocenters. The van der Waals surface area contributed by atoms with Crippen LogP contribution in [0.3, 0.4) is 0 Å². The van der Waals surface area contributed by atoms with Crippen molar-refractivity contribution in [3.05, 3.63) is 47.9 Å². The van der Waals surface area contributed by atoms with Gasteiger partial charge in [-0.3, -0.25) is 9.78 Å². The quantitative estimate of drug-likeness (QED) is 0.880. The van der Waals surface area contributed by atoms with Gasteiger partial charge in [-0.15, -0.1) is 0 Å². The molecule has 7 heteroatoms. The maximum Gasteiger partial charge on any atom is 0.255 e. The first-order chi connectivity index (χ1) is 12.2. The van der Waals surface area contributed by atoms with Crippen LogP contribution < -0.4 is 15.0 Å². The van der Waals surface area contributed by atoms with Crippen molar-refractivity contribution in [3.63, 3.8) is 0 Å². The number of aromatic nitrogens is 2. The maximum absolute atomic E-state index is 12.5. The van der Waals surface area contributed by atoms with Crippen molar-refractivity contribution in [3.8, 4) is 5.75 Å². The smallest absolute Gasteiger partial charge is 0.255 e. The first-order valence-electron chi connectivity index (χ1n) is 8.32. The third-order valence-corrected chi connectivity index (χ3v) is 4.36. The van der Waals surface area contributed by atoms with Gasteiger partial charge in [0.05, 0.1) is 18.9 Å². The molecule has 0 saturated carbocycles. The summed E-state index contributed by atoms with van der Waals surface area (Å²) in [5.41, 5.74) is 1.48. The molecule has 0 radical (unpaired) electrons. The minimum absolute atomic E-state index is 0.188. The lowest BCUT2D eigenvalue weighted by Crippen LogP contribution is -2.45. The van der Waals surface area contributed by atoms with E-state index < -0.39 is 0 Å². The molecule has 1 amide bonds. The van der Waals surface area contributed by atoms with Gasteiger partial charge in [0.1, 0.15) is 11.6 Å². The van der Waals surface area contributed by atoms with E-state index in [9.17, 15) is 4.79 Å². The van der Waals surface area contributed by atoms with Gasteiger partial charge in [0.2, 0.25) is 0 Å². The van der Waals surface area contributed by atoms with E-state index in [-0.39, 0.29) is 5.91 Å². The summed E-state index contributed by atoms with van der Waals surface area (Å²) < 4.78 is 5.20. The maximum atomic E-state index is 12.5. The average Bonchev–Trinajstić information content (AvgIpc) is 2.67. The number of anilines is 1. The van der Waals surface area contributed by atoms with E-state index in [2.05, 4.69) is 32.1 Å². The summed E-state index contributed by atoms with van der Waals surface area (Å²) in [7, 11) is 3.65. The molecular formula is C18H23N5O2. The van der Waals surface area contributed by atoms with Crippen LogP contribution in [-0.2, 0) is 6.54 Å². The number of carbonyl (C=O) groups excluding carboxylic acids is 1. The molecule has 0 atom stereocenters. The lowest BCUT2D eigenvalue weighted by Gasteiger charge is -2.34. The Kier molecular flexibility index (Phi) is 5.45. The fraction of sp³-hybridized carbons (Fsp3) is 0.389. The Morgan fingerprint density at radius 3 is 2.80 bits per heavy atom. The zero-order valence-electron chi connectivity index (χ0n) is 14.6. The second-order valence-electron chi connectivity index (χ2n) is 6.04. The molecule has 0 aromatic carbocycles. The molecule has 1 aliphatic heterocycles. The highest BCUT2D eigenvalue weighted by Gasteiger charge is 2.19. The molecule has 3 heterocycles. The van der Waals surface area contributed by atoms with Crippen molar-refractivity contribution in [1.82, 2.24) is 20.2 Å². The summed E-state index contributed by atoms with van der Waals surface area (Å²) in [5.74, 6) is 1.22. The number of likely N-dealkylation sites (N-methyl/N-ethyl adjacent to an activating group) is 1. The molecule has 1 fully saturated rings. The second-order valence-corrected chi connectivity index (χ2v) is 6.04. The molecule has 0 aliphatic carbocycles. The number of carbonyl (C=O) groups is 1. The fourth-order valence-corrected chi connectivity index (χ4v) is 2.87. The van der Waals surface area contributed by atoms with Crippen LogP contribution in [0, 0.1) is 0 Å². The van der Waals surface area contributed by atoms with Crippen LogP contribution >= 0.6 is 0 Å². The summed E-state index contributed by atoms with van der Waals surface area (Å²) >= 11 is 0. The fourth-order valence-electron chi connectivity index (χ4n) is 2.87. The number of rotatable bonds is 5. The first-order valence-corrected chi connectivity index (χ1v) is 8.32. The van der Waals surface area contributed by atoms with E-state index in [1.54, 1.807) is 18.5 Å². The number of amides is 1. The van der Waals surface area contributed by atoms with E-state index in [4.69, 9.17) is 4.74 Å². The van der Waals surface area contributed by atoms with Crippen LogP contribution in [0.5, 0.6) is 5.75 Å². The van der Waals surface area contributed by atoms with Gasteiger partial charge in [0, 0.05) is 50.7 Å². The lowest BCUT2D eigenvalue weighted by molar-refractivity contribution is 0.0947. The van der Waals surface area contributed by atoms with Gasteiger partial charge in [-0.25, -0.2) is 4.98 Å². The Morgan fingerprint density at radius 1 is 1.24 bits per heavy atom. The monoisotopic (exact) mass is 341 g/mol. The predicted molar refractivity (Wildman–Crippen MR) is 95.9 cm³/mol. The number of nitrogens with zero attached hydrogens (tertiary/aromatic N) is 4. The molecule has 132 valence electrons. The number of piperazine rings is 1. The van der Waals surface area contributed by atoms with Gasteiger partial charge in [0.25, 0.3) is 5.91 Å². The van der Waals surface area contributed by atoms with Crippen molar-refractivity contribution in [1.29, 1.82) is 0 Å². The summed E-state index contributed by atoms with van der Waals surface area (Å²) in [6.45, 7) is 4.31. The number of nitrogens with one attached hydrogen (secondary N) is 1. The van der Waals surface area contributed by atoms with Gasteiger partial charge in [-0.05, 0) is 19.2 Å². The van der Waals surface area contributed by atoms with Gasteiger partial charge in [-0.2, -0.15) is 0 Å². The third-order valence-electron chi connectivity index (χ3n) is 4.36. The standard InChI is InChI=1S/C18H23N5O2/c1-22-8-10-23(11-9-22)17-14(4-3-6-20-17)12-21-18(24)15-5-7-19-13-16(15)25-2/h3-7,13H,8-12H2,1-2H3,(H,21,24). The number of ether oxygens (including phenoxy) is 1. The van der Waals surface area contributed by atoms with Gasteiger partial charge in [-0.1, -0.05) is 6.07 Å². The number of hydrogen-bond donors (Lipinski definition) is 1. The molecule has 3 rings (SSSR count). The summed E-state index contributed by atoms with van der Waals surface area (Å²) in [4.78, 5) is 25.5. The summed E-state index contributed by atoms with van der Waals surface area (Å²) in [6, 6.07) is 5.55. The van der Waals surface area contributed by atoms with Crippen LogP contribution in [-0.4, -0.2) is 61.1 Å². The molecule has 25 heavy (non-hydrogen) atoms. The molecule has 1 N–H and O–H groups in total. The molecule has 2 aromatic heterocycles. The zero-order chi connectivity index (χ0) is 17.6. The van der Waals surface area contributed by atoms with Crippen LogP contribution in [0.2, 0.25) is 0 Å². The van der Waals surface area contributed by atoms with E-state index in [0.29, 0.717) is 17.9 Å². The van der Waals surface area contributed by atoms with Gasteiger partial charge >= 0.3 is 0 Å². The Balaban J connectivity index is 1.70. The topological polar surface area (TPSA) is 70.6 Å². The number of methoxy groups -OCH3 is 1. The van der Waals surface area contributed by atoms with E-state index >= 15 is 0 Å². The van der Waals surface area contributed by atoms with Crippen molar-refractivity contribution in [2.75, 3.05) is 45.2 Å². The van der Waals surface area contributed by atoms with Crippen LogP contribution in [0.15, 0.2) is 36.8 Å². The van der Waals surface area contributed by atoms with Crippen molar-refractivity contribution in [2.45, 2.75) is 6.54 Å². The Hall–Kier alpha value is -2.67. The minimum atomic E-state index is -0.188. The SMILES string of the molecule is COc1cnccc1C(=O)NCc1cccnc1N1CCN(C)CC1. The molecule has 1 saturated heterocycles. The highest BCUT2D eigenvalue weighted by molar-refractivity contribution is 5.96. The lowest BCUT2D eigenvalue weighted by atomic mass is 10.2. The predicted octanol–water partition coefficient (Wildman–Crippen LogP) is 1.17. The molecule has 1 aliphatic rings. The van der Waals surface area contributed by atoms with Gasteiger partial charge < -0.3 is 19.9 Å². The highest BCUT2D eigenvalue weighted by atomic mass is 16.5. The third kappa shape index (κ3) is 4.06. The normalized spacial score (nSPS) is 15.0. The largest absolute Gasteiger partial charge is 0.494 e. The van der Waals surface area contributed by atoms with Gasteiger partial charge in [0.15, 0.2) is 0 Å². The first kappa shape index (κ1) is 17.2. The van der Waals surface area contributed by atoms with E-state index in [1.165, 1.54) is 13.3 Å². The van der Waals surface area contributed by atoms with E-state index in [1.807, 2.05) is 12.1 Å². The van der Waals surface area contributed by atoms with Crippen LogP contribution in [0.1, 0.15) is 15.9 Å². The Morgan fingerprint density at radius 2 is 2.04 bits per heavy atom. The summed E-state index contributed by atoms with van der Waals surface area (Å²) in [6.07, 6.45) is 4.91. The molecule has 0 bridgehead atoms. The second kappa shape index (κ2) is 7.94. The van der Waals surface area contributed by atoms with Crippen molar-refractivity contribution in [2.24, 2.45) is 0 Å². The molecule has 7 nitrogen and oxygen atoms in total. The minimum Gasteiger partial charge on any atom is -0.494 e. The molecular weight excluding hydrogens is 318 g/mol. The Bertz CT molecular complexity index is 729. The Labute approximate surface area is 147 Å². The van der Waals surface area contributed by atoms with Crippen molar-refractivity contribution < 1.29 is 9.53 Å².